The first-order chi connectivity index (χ1) is 8.19. The van der Waals surface area contributed by atoms with Gasteiger partial charge in [-0.15, -0.1) is 0 Å². The van der Waals surface area contributed by atoms with E-state index in [1.807, 2.05) is 30.3 Å². The molecule has 88 valence electrons. The van der Waals surface area contributed by atoms with Gasteiger partial charge in [-0.2, -0.15) is 0 Å². The van der Waals surface area contributed by atoms with Crippen molar-refractivity contribution >= 4 is 17.3 Å². The minimum atomic E-state index is -0.237. The second kappa shape index (κ2) is 5.19. The summed E-state index contributed by atoms with van der Waals surface area (Å²) in [4.78, 5) is 0. The summed E-state index contributed by atoms with van der Waals surface area (Å²) in [6.07, 6.45) is 0.631. The summed E-state index contributed by atoms with van der Waals surface area (Å²) in [7, 11) is 1.77. The van der Waals surface area contributed by atoms with Crippen LogP contribution in [0.1, 0.15) is 11.1 Å². The van der Waals surface area contributed by atoms with E-state index >= 15 is 0 Å². The van der Waals surface area contributed by atoms with Gasteiger partial charge in [-0.3, -0.25) is 0 Å². The van der Waals surface area contributed by atoms with Crippen molar-refractivity contribution in [3.63, 3.8) is 0 Å². The molecule has 17 heavy (non-hydrogen) atoms. The van der Waals surface area contributed by atoms with Gasteiger partial charge in [0.1, 0.15) is 5.82 Å². The summed E-state index contributed by atoms with van der Waals surface area (Å²) in [6.45, 7) is 0. The molecule has 0 fully saturated rings. The average molecular weight is 250 g/mol. The molecule has 0 aromatic heterocycles. The van der Waals surface area contributed by atoms with Crippen molar-refractivity contribution in [2.24, 2.45) is 0 Å². The lowest BCUT2D eigenvalue weighted by molar-refractivity contribution is 0.626. The van der Waals surface area contributed by atoms with E-state index in [-0.39, 0.29) is 5.82 Å². The van der Waals surface area contributed by atoms with Crippen molar-refractivity contribution in [1.82, 2.24) is 0 Å². The first-order valence-corrected chi connectivity index (χ1v) is 5.77. The van der Waals surface area contributed by atoms with Crippen molar-refractivity contribution in [1.29, 1.82) is 0 Å². The predicted octanol–water partition coefficient (Wildman–Crippen LogP) is 4.11. The summed E-state index contributed by atoms with van der Waals surface area (Å²) >= 11 is 6.08. The van der Waals surface area contributed by atoms with Gasteiger partial charge >= 0.3 is 0 Å². The van der Waals surface area contributed by atoms with E-state index in [0.717, 1.165) is 16.8 Å². The lowest BCUT2D eigenvalue weighted by Crippen LogP contribution is -1.94. The van der Waals surface area contributed by atoms with Crippen LogP contribution >= 0.6 is 11.6 Å². The number of anilines is 1. The van der Waals surface area contributed by atoms with Crippen LogP contribution in [0.3, 0.4) is 0 Å². The monoisotopic (exact) mass is 249 g/mol. The Morgan fingerprint density at radius 1 is 1.18 bits per heavy atom. The molecule has 0 aliphatic carbocycles. The molecular weight excluding hydrogens is 237 g/mol. The van der Waals surface area contributed by atoms with E-state index in [1.165, 1.54) is 12.1 Å². The number of nitrogens with one attached hydrogen (secondary N) is 1. The van der Waals surface area contributed by atoms with Gasteiger partial charge in [0, 0.05) is 17.8 Å². The van der Waals surface area contributed by atoms with Gasteiger partial charge in [-0.1, -0.05) is 29.8 Å². The van der Waals surface area contributed by atoms with Gasteiger partial charge in [0.2, 0.25) is 0 Å². The number of hydrogen-bond donors (Lipinski definition) is 1. The van der Waals surface area contributed by atoms with Crippen molar-refractivity contribution < 1.29 is 4.39 Å². The molecule has 0 unspecified atom stereocenters. The third kappa shape index (κ3) is 2.98. The predicted molar refractivity (Wildman–Crippen MR) is 70.2 cm³/mol. The van der Waals surface area contributed by atoms with Gasteiger partial charge in [-0.25, -0.2) is 4.39 Å². The Morgan fingerprint density at radius 3 is 2.65 bits per heavy atom. The molecule has 0 bridgehead atoms. The van der Waals surface area contributed by atoms with Gasteiger partial charge in [-0.05, 0) is 41.8 Å². The number of halogens is 2. The molecule has 0 amide bonds. The lowest BCUT2D eigenvalue weighted by atomic mass is 10.0. The maximum Gasteiger partial charge on any atom is 0.125 e. The van der Waals surface area contributed by atoms with Crippen LogP contribution in [0.5, 0.6) is 0 Å². The highest BCUT2D eigenvalue weighted by atomic mass is 35.5. The van der Waals surface area contributed by atoms with Crippen LogP contribution in [-0.4, -0.2) is 7.05 Å². The Morgan fingerprint density at radius 2 is 1.94 bits per heavy atom. The second-order valence-corrected chi connectivity index (χ2v) is 4.27. The number of rotatable bonds is 3. The normalized spacial score (nSPS) is 10.3. The van der Waals surface area contributed by atoms with Crippen LogP contribution in [0.25, 0.3) is 0 Å². The molecule has 1 nitrogen and oxygen atoms in total. The summed E-state index contributed by atoms with van der Waals surface area (Å²) in [5.74, 6) is -0.237. The molecule has 0 spiro atoms. The fourth-order valence-electron chi connectivity index (χ4n) is 1.76. The minimum Gasteiger partial charge on any atom is -0.388 e. The maximum absolute atomic E-state index is 13.3. The molecule has 0 saturated carbocycles. The molecule has 0 radical (unpaired) electrons. The fraction of sp³-hybridized carbons (Fsp3) is 0.143. The van der Waals surface area contributed by atoms with Crippen molar-refractivity contribution in [3.8, 4) is 0 Å². The van der Waals surface area contributed by atoms with Crippen LogP contribution in [0.15, 0.2) is 42.5 Å². The Kier molecular flexibility index (Phi) is 3.64. The van der Waals surface area contributed by atoms with E-state index in [4.69, 9.17) is 11.6 Å². The van der Waals surface area contributed by atoms with E-state index in [9.17, 15) is 4.39 Å². The summed E-state index contributed by atoms with van der Waals surface area (Å²) in [5, 5.41) is 3.65. The summed E-state index contributed by atoms with van der Waals surface area (Å²) < 4.78 is 13.3. The molecule has 2 aromatic rings. The van der Waals surface area contributed by atoms with E-state index < -0.39 is 0 Å². The van der Waals surface area contributed by atoms with E-state index in [1.54, 1.807) is 7.05 Å². The molecule has 0 saturated heterocycles. The molecule has 2 rings (SSSR count). The Bertz CT molecular complexity index is 525. The smallest absolute Gasteiger partial charge is 0.125 e. The Balaban J connectivity index is 2.30. The molecule has 1 N–H and O–H groups in total. The quantitative estimate of drug-likeness (QED) is 0.863. The highest BCUT2D eigenvalue weighted by molar-refractivity contribution is 6.31. The van der Waals surface area contributed by atoms with Crippen LogP contribution in [-0.2, 0) is 6.42 Å². The van der Waals surface area contributed by atoms with Gasteiger partial charge in [0.25, 0.3) is 0 Å². The minimum absolute atomic E-state index is 0.237. The van der Waals surface area contributed by atoms with Crippen LogP contribution < -0.4 is 5.32 Å². The van der Waals surface area contributed by atoms with Crippen LogP contribution in [0.2, 0.25) is 5.02 Å². The van der Waals surface area contributed by atoms with Crippen molar-refractivity contribution in [3.05, 3.63) is 64.4 Å². The Labute approximate surface area is 105 Å². The fourth-order valence-corrected chi connectivity index (χ4v) is 1.96. The molecule has 3 heteroatoms. The Hall–Kier alpha value is -1.54. The van der Waals surface area contributed by atoms with Crippen molar-refractivity contribution in [2.45, 2.75) is 6.42 Å². The molecule has 2 aromatic carbocycles. The standard InChI is InChI=1S/C14H13ClFN/c1-17-13-8-10(7-12(16)9-13)6-11-4-2-3-5-14(11)15/h2-5,7-9,17H,6H2,1H3. The number of benzene rings is 2. The lowest BCUT2D eigenvalue weighted by Gasteiger charge is -2.07. The molecule has 0 heterocycles. The third-order valence-corrected chi connectivity index (χ3v) is 2.97. The summed E-state index contributed by atoms with van der Waals surface area (Å²) in [5.41, 5.74) is 2.68. The zero-order valence-electron chi connectivity index (χ0n) is 9.50. The largest absolute Gasteiger partial charge is 0.388 e. The third-order valence-electron chi connectivity index (χ3n) is 2.60. The van der Waals surface area contributed by atoms with Gasteiger partial charge in [0.05, 0.1) is 0 Å². The molecule has 0 aliphatic heterocycles. The van der Waals surface area contributed by atoms with Crippen molar-refractivity contribution in [2.75, 3.05) is 12.4 Å². The highest BCUT2D eigenvalue weighted by Crippen LogP contribution is 2.21. The maximum atomic E-state index is 13.3. The van der Waals surface area contributed by atoms with Gasteiger partial charge < -0.3 is 5.32 Å². The number of hydrogen-bond acceptors (Lipinski definition) is 1. The van der Waals surface area contributed by atoms with Crippen LogP contribution in [0.4, 0.5) is 10.1 Å². The molecular formula is C14H13ClFN. The summed E-state index contributed by atoms with van der Waals surface area (Å²) in [6, 6.07) is 12.5. The molecule has 0 atom stereocenters. The van der Waals surface area contributed by atoms with Gasteiger partial charge in [0.15, 0.2) is 0 Å². The van der Waals surface area contributed by atoms with E-state index in [2.05, 4.69) is 5.32 Å². The average Bonchev–Trinajstić information content (AvgIpc) is 2.31. The zero-order chi connectivity index (χ0) is 12.3. The molecule has 0 aliphatic rings. The van der Waals surface area contributed by atoms with E-state index in [0.29, 0.717) is 11.4 Å². The SMILES string of the molecule is CNc1cc(F)cc(Cc2ccccc2Cl)c1. The zero-order valence-corrected chi connectivity index (χ0v) is 10.3. The second-order valence-electron chi connectivity index (χ2n) is 3.87. The first kappa shape index (κ1) is 11.9. The topological polar surface area (TPSA) is 12.0 Å². The highest BCUT2D eigenvalue weighted by Gasteiger charge is 2.04. The first-order valence-electron chi connectivity index (χ1n) is 5.39. The van der Waals surface area contributed by atoms with Crippen LogP contribution in [0, 0.1) is 5.82 Å².